The van der Waals surface area contributed by atoms with Crippen molar-refractivity contribution in [1.82, 2.24) is 0 Å². The van der Waals surface area contributed by atoms with E-state index in [1.165, 1.54) is 24.8 Å². The van der Waals surface area contributed by atoms with Crippen LogP contribution in [0.4, 0.5) is 0 Å². The van der Waals surface area contributed by atoms with Gasteiger partial charge in [0.25, 0.3) is 0 Å². The summed E-state index contributed by atoms with van der Waals surface area (Å²) < 4.78 is 5.61. The predicted octanol–water partition coefficient (Wildman–Crippen LogP) is 2.36. The first-order chi connectivity index (χ1) is 6.81. The second kappa shape index (κ2) is 2.72. The van der Waals surface area contributed by atoms with Crippen molar-refractivity contribution < 1.29 is 9.53 Å². The van der Waals surface area contributed by atoms with Crippen molar-refractivity contribution in [2.75, 3.05) is 0 Å². The Morgan fingerprint density at radius 2 is 2.29 bits per heavy atom. The van der Waals surface area contributed by atoms with E-state index in [4.69, 9.17) is 4.74 Å². The molecule has 0 aromatic rings. The molecule has 0 N–H and O–H groups in total. The molecule has 2 atom stereocenters. The van der Waals surface area contributed by atoms with Crippen LogP contribution < -0.4 is 0 Å². The van der Waals surface area contributed by atoms with Crippen LogP contribution in [0.2, 0.25) is 0 Å². The molecule has 0 bridgehead atoms. The van der Waals surface area contributed by atoms with E-state index in [-0.39, 0.29) is 11.6 Å². The summed E-state index contributed by atoms with van der Waals surface area (Å²) in [4.78, 5) is 11.3. The summed E-state index contributed by atoms with van der Waals surface area (Å²) in [6, 6.07) is 0. The molecule has 2 aliphatic carbocycles. The fraction of sp³-hybridized carbons (Fsp3) is 0.583. The maximum atomic E-state index is 11.3. The van der Waals surface area contributed by atoms with E-state index in [0.29, 0.717) is 5.92 Å². The molecular weight excluding hydrogens is 176 g/mol. The monoisotopic (exact) mass is 190 g/mol. The van der Waals surface area contributed by atoms with Gasteiger partial charge in [0.15, 0.2) is 0 Å². The smallest absolute Gasteiger partial charge is 0.331 e. The van der Waals surface area contributed by atoms with E-state index in [0.717, 1.165) is 12.8 Å². The first kappa shape index (κ1) is 8.27. The highest BCUT2D eigenvalue weighted by atomic mass is 16.6. The van der Waals surface area contributed by atoms with Crippen LogP contribution >= 0.6 is 0 Å². The molecule has 2 nitrogen and oxygen atoms in total. The second-order valence-electron chi connectivity index (χ2n) is 4.48. The topological polar surface area (TPSA) is 26.3 Å². The van der Waals surface area contributed by atoms with Crippen LogP contribution in [0.3, 0.4) is 0 Å². The summed E-state index contributed by atoms with van der Waals surface area (Å²) in [5, 5.41) is 0. The number of carbonyl (C=O) groups excluding carboxylic acids is 1. The van der Waals surface area contributed by atoms with Crippen molar-refractivity contribution in [3.05, 3.63) is 23.8 Å². The Hall–Kier alpha value is -1.05. The number of allylic oxidation sites excluding steroid dienone is 1. The second-order valence-corrected chi connectivity index (χ2v) is 4.48. The van der Waals surface area contributed by atoms with Crippen LogP contribution in [0.5, 0.6) is 0 Å². The highest BCUT2D eigenvalue weighted by Gasteiger charge is 2.50. The van der Waals surface area contributed by atoms with E-state index in [1.54, 1.807) is 6.08 Å². The van der Waals surface area contributed by atoms with Gasteiger partial charge >= 0.3 is 5.97 Å². The van der Waals surface area contributed by atoms with Gasteiger partial charge in [-0.15, -0.1) is 0 Å². The molecule has 0 radical (unpaired) electrons. The fourth-order valence-corrected chi connectivity index (χ4v) is 3.12. The highest BCUT2D eigenvalue weighted by Crippen LogP contribution is 2.50. The van der Waals surface area contributed by atoms with Crippen molar-refractivity contribution in [2.45, 2.75) is 37.7 Å². The zero-order valence-electron chi connectivity index (χ0n) is 8.16. The van der Waals surface area contributed by atoms with Gasteiger partial charge in [-0.25, -0.2) is 4.79 Å². The minimum absolute atomic E-state index is 0.157. The Labute approximate surface area is 83.6 Å². The number of carbonyl (C=O) groups is 1. The summed E-state index contributed by atoms with van der Waals surface area (Å²) in [5.41, 5.74) is 1.03. The van der Waals surface area contributed by atoms with Gasteiger partial charge in [-0.3, -0.25) is 0 Å². The van der Waals surface area contributed by atoms with Gasteiger partial charge in [0, 0.05) is 12.0 Å². The molecule has 2 heteroatoms. The van der Waals surface area contributed by atoms with E-state index in [9.17, 15) is 4.79 Å². The van der Waals surface area contributed by atoms with E-state index >= 15 is 0 Å². The largest absolute Gasteiger partial charge is 0.451 e. The van der Waals surface area contributed by atoms with Gasteiger partial charge in [-0.1, -0.05) is 12.5 Å². The quantitative estimate of drug-likeness (QED) is 0.548. The molecule has 1 saturated carbocycles. The molecule has 1 spiro atoms. The average molecular weight is 190 g/mol. The summed E-state index contributed by atoms with van der Waals surface area (Å²) >= 11 is 0. The van der Waals surface area contributed by atoms with Gasteiger partial charge in [-0.2, -0.15) is 0 Å². The molecule has 0 aromatic carbocycles. The lowest BCUT2D eigenvalue weighted by atomic mass is 9.73. The van der Waals surface area contributed by atoms with Crippen LogP contribution in [0.1, 0.15) is 32.1 Å². The normalized spacial score (nSPS) is 39.9. The van der Waals surface area contributed by atoms with E-state index in [1.807, 2.05) is 6.08 Å². The Morgan fingerprint density at radius 1 is 1.36 bits per heavy atom. The van der Waals surface area contributed by atoms with Crippen LogP contribution in [0.25, 0.3) is 0 Å². The summed E-state index contributed by atoms with van der Waals surface area (Å²) in [7, 11) is 0. The molecule has 0 unspecified atom stereocenters. The van der Waals surface area contributed by atoms with Crippen LogP contribution in [-0.4, -0.2) is 11.6 Å². The van der Waals surface area contributed by atoms with Crippen molar-refractivity contribution >= 4 is 5.97 Å². The standard InChI is InChI=1S/C12H14O2/c13-11-7-6-10-5-4-9-3-1-2-8-12(9,10)14-11/h5-7,9H,1-4,8H2/t9-,12+/m1/s1. The first-order valence-corrected chi connectivity index (χ1v) is 5.43. The molecule has 3 aliphatic rings. The molecular formula is C12H14O2. The third kappa shape index (κ3) is 0.941. The molecule has 74 valence electrons. The lowest BCUT2D eigenvalue weighted by Crippen LogP contribution is -2.44. The summed E-state index contributed by atoms with van der Waals surface area (Å²) in [6.45, 7) is 0. The number of ether oxygens (including phenoxy) is 1. The van der Waals surface area contributed by atoms with Gasteiger partial charge in [0.2, 0.25) is 0 Å². The molecule has 0 saturated heterocycles. The van der Waals surface area contributed by atoms with Gasteiger partial charge in [-0.05, 0) is 37.3 Å². The molecule has 1 heterocycles. The third-order valence-corrected chi connectivity index (χ3v) is 3.80. The molecule has 14 heavy (non-hydrogen) atoms. The SMILES string of the molecule is O=C1C=CC2=CC[C@H]3CCCC[C@@]23O1. The van der Waals surface area contributed by atoms with Crippen LogP contribution in [-0.2, 0) is 9.53 Å². The zero-order chi connectivity index (χ0) is 9.60. The Balaban J connectivity index is 2.03. The molecule has 0 amide bonds. The predicted molar refractivity (Wildman–Crippen MR) is 52.6 cm³/mol. The fourth-order valence-electron chi connectivity index (χ4n) is 3.12. The maximum absolute atomic E-state index is 11.3. The molecule has 3 rings (SSSR count). The molecule has 0 aromatic heterocycles. The third-order valence-electron chi connectivity index (χ3n) is 3.80. The van der Waals surface area contributed by atoms with Crippen LogP contribution in [0.15, 0.2) is 23.8 Å². The van der Waals surface area contributed by atoms with Gasteiger partial charge in [0.05, 0.1) is 0 Å². The minimum atomic E-state index is -0.218. The number of hydrogen-bond donors (Lipinski definition) is 0. The number of hydrogen-bond acceptors (Lipinski definition) is 2. The number of rotatable bonds is 0. The maximum Gasteiger partial charge on any atom is 0.331 e. The minimum Gasteiger partial charge on any atom is -0.451 e. The van der Waals surface area contributed by atoms with Crippen molar-refractivity contribution in [3.8, 4) is 0 Å². The van der Waals surface area contributed by atoms with Crippen molar-refractivity contribution in [3.63, 3.8) is 0 Å². The Kier molecular flexibility index (Phi) is 1.61. The van der Waals surface area contributed by atoms with Crippen LogP contribution in [0, 0.1) is 5.92 Å². The number of esters is 1. The van der Waals surface area contributed by atoms with Gasteiger partial charge < -0.3 is 4.74 Å². The van der Waals surface area contributed by atoms with Crippen molar-refractivity contribution in [1.29, 1.82) is 0 Å². The lowest BCUT2D eigenvalue weighted by Gasteiger charge is -2.41. The highest BCUT2D eigenvalue weighted by molar-refractivity contribution is 5.85. The molecule has 1 aliphatic heterocycles. The van der Waals surface area contributed by atoms with E-state index in [2.05, 4.69) is 6.08 Å². The lowest BCUT2D eigenvalue weighted by molar-refractivity contribution is -0.158. The Morgan fingerprint density at radius 3 is 3.21 bits per heavy atom. The average Bonchev–Trinajstić information content (AvgIpc) is 2.55. The zero-order valence-corrected chi connectivity index (χ0v) is 8.16. The summed E-state index contributed by atoms with van der Waals surface area (Å²) in [5.74, 6) is 0.399. The first-order valence-electron chi connectivity index (χ1n) is 5.43. The van der Waals surface area contributed by atoms with Crippen molar-refractivity contribution in [2.24, 2.45) is 5.92 Å². The molecule has 1 fully saturated rings. The Bertz CT molecular complexity index is 340. The van der Waals surface area contributed by atoms with Gasteiger partial charge in [0.1, 0.15) is 5.60 Å². The van der Waals surface area contributed by atoms with E-state index < -0.39 is 0 Å². The summed E-state index contributed by atoms with van der Waals surface area (Å²) in [6.07, 6.45) is 11.6.